The number of anilines is 1. The summed E-state index contributed by atoms with van der Waals surface area (Å²) in [6.07, 6.45) is 0. The summed E-state index contributed by atoms with van der Waals surface area (Å²) in [5.74, 6) is 0. The lowest BCUT2D eigenvalue weighted by molar-refractivity contribution is 0.495. The summed E-state index contributed by atoms with van der Waals surface area (Å²) in [6.45, 7) is 2.14. The maximum absolute atomic E-state index is 3.26. The third-order valence-corrected chi connectivity index (χ3v) is 2.45. The lowest BCUT2D eigenvalue weighted by atomic mass is 10.1. The van der Waals surface area contributed by atoms with E-state index in [1.165, 1.54) is 16.3 Å². The molecule has 0 spiro atoms. The molecule has 0 bridgehead atoms. The van der Waals surface area contributed by atoms with Gasteiger partial charge in [0, 0.05) is 19.8 Å². The minimum atomic E-state index is 1.13. The number of aryl methyl sites for hydroxylation is 1. The van der Waals surface area contributed by atoms with E-state index in [0.717, 1.165) is 5.69 Å². The smallest absolute Gasteiger partial charge is 0.0496 e. The van der Waals surface area contributed by atoms with E-state index < -0.39 is 0 Å². The largest absolute Gasteiger partial charge is 0.319 e. The Morgan fingerprint density at radius 3 is 2.60 bits per heavy atom. The molecule has 0 saturated heterocycles. The summed E-state index contributed by atoms with van der Waals surface area (Å²) in [6, 6.07) is 12.8. The Morgan fingerprint density at radius 2 is 1.87 bits per heavy atom. The number of hydrazine groups is 1. The normalized spacial score (nSPS) is 10.9. The molecule has 0 amide bonds. The number of rotatable bonds is 2. The van der Waals surface area contributed by atoms with Crippen LogP contribution >= 0.6 is 0 Å². The van der Waals surface area contributed by atoms with Gasteiger partial charge in [-0.1, -0.05) is 24.3 Å². The summed E-state index contributed by atoms with van der Waals surface area (Å²) in [5, 5.41) is 4.54. The van der Waals surface area contributed by atoms with Crippen LogP contribution in [0.15, 0.2) is 36.4 Å². The zero-order valence-electron chi connectivity index (χ0n) is 9.41. The van der Waals surface area contributed by atoms with Crippen LogP contribution in [-0.2, 0) is 0 Å². The van der Waals surface area contributed by atoms with E-state index in [2.05, 4.69) is 48.7 Å². The van der Waals surface area contributed by atoms with Gasteiger partial charge in [-0.15, -0.1) is 0 Å². The highest BCUT2D eigenvalue weighted by atomic mass is 15.5. The molecule has 0 fully saturated rings. The van der Waals surface area contributed by atoms with Crippen LogP contribution < -0.4 is 5.43 Å². The molecule has 0 radical (unpaired) electrons. The van der Waals surface area contributed by atoms with Gasteiger partial charge in [-0.2, -0.15) is 0 Å². The van der Waals surface area contributed by atoms with Gasteiger partial charge in [-0.05, 0) is 35.4 Å². The molecule has 0 aromatic heterocycles. The van der Waals surface area contributed by atoms with Gasteiger partial charge in [0.15, 0.2) is 0 Å². The van der Waals surface area contributed by atoms with Crippen molar-refractivity contribution >= 4 is 16.5 Å². The van der Waals surface area contributed by atoms with Crippen LogP contribution in [0.3, 0.4) is 0 Å². The number of nitrogens with zero attached hydrogens (tertiary/aromatic N) is 1. The van der Waals surface area contributed by atoms with Gasteiger partial charge in [0.2, 0.25) is 0 Å². The van der Waals surface area contributed by atoms with Crippen molar-refractivity contribution in [2.24, 2.45) is 0 Å². The average Bonchev–Trinajstić information content (AvgIpc) is 2.18. The minimum absolute atomic E-state index is 1.13. The van der Waals surface area contributed by atoms with Crippen molar-refractivity contribution in [1.29, 1.82) is 0 Å². The molecule has 2 rings (SSSR count). The quantitative estimate of drug-likeness (QED) is 0.749. The van der Waals surface area contributed by atoms with Crippen molar-refractivity contribution in [3.05, 3.63) is 42.0 Å². The Bertz CT molecular complexity index is 475. The van der Waals surface area contributed by atoms with Crippen molar-refractivity contribution in [2.75, 3.05) is 19.5 Å². The fourth-order valence-electron chi connectivity index (χ4n) is 1.76. The van der Waals surface area contributed by atoms with Gasteiger partial charge >= 0.3 is 0 Å². The Morgan fingerprint density at radius 1 is 1.07 bits per heavy atom. The summed E-state index contributed by atoms with van der Waals surface area (Å²) < 4.78 is 0. The predicted molar refractivity (Wildman–Crippen MR) is 66.0 cm³/mol. The zero-order chi connectivity index (χ0) is 10.8. The van der Waals surface area contributed by atoms with Crippen molar-refractivity contribution < 1.29 is 0 Å². The molecule has 78 valence electrons. The second-order valence-electron chi connectivity index (χ2n) is 4.02. The van der Waals surface area contributed by atoms with Crippen LogP contribution in [0.4, 0.5) is 5.69 Å². The Labute approximate surface area is 90.5 Å². The zero-order valence-corrected chi connectivity index (χ0v) is 9.41. The summed E-state index contributed by atoms with van der Waals surface area (Å²) >= 11 is 0. The Hall–Kier alpha value is -1.54. The van der Waals surface area contributed by atoms with E-state index >= 15 is 0 Å². The molecule has 2 aromatic carbocycles. The van der Waals surface area contributed by atoms with Crippen LogP contribution in [0.2, 0.25) is 0 Å². The Kier molecular flexibility index (Phi) is 2.60. The third kappa shape index (κ3) is 2.10. The standard InChI is InChI=1S/C13H16N2/c1-10-5-4-6-11-7-8-12(9-13(10)11)14-15(2)3/h4-9,14H,1-3H3. The van der Waals surface area contributed by atoms with Gasteiger partial charge in [-0.3, -0.25) is 0 Å². The molecular formula is C13H16N2. The third-order valence-electron chi connectivity index (χ3n) is 2.45. The fraction of sp³-hybridized carbons (Fsp3) is 0.231. The summed E-state index contributed by atoms with van der Waals surface area (Å²) in [4.78, 5) is 0. The predicted octanol–water partition coefficient (Wildman–Crippen LogP) is 3.04. The van der Waals surface area contributed by atoms with Crippen molar-refractivity contribution in [3.8, 4) is 0 Å². The highest BCUT2D eigenvalue weighted by molar-refractivity contribution is 5.88. The van der Waals surface area contributed by atoms with Crippen molar-refractivity contribution in [1.82, 2.24) is 5.01 Å². The highest BCUT2D eigenvalue weighted by Gasteiger charge is 1.98. The van der Waals surface area contributed by atoms with Gasteiger partial charge in [0.25, 0.3) is 0 Å². The highest BCUT2D eigenvalue weighted by Crippen LogP contribution is 2.22. The average molecular weight is 200 g/mol. The first kappa shape index (κ1) is 9.99. The number of nitrogens with one attached hydrogen (secondary N) is 1. The van der Waals surface area contributed by atoms with Crippen LogP contribution in [0.5, 0.6) is 0 Å². The van der Waals surface area contributed by atoms with E-state index in [-0.39, 0.29) is 0 Å². The minimum Gasteiger partial charge on any atom is -0.319 e. The Balaban J connectivity index is 2.50. The van der Waals surface area contributed by atoms with Crippen molar-refractivity contribution in [2.45, 2.75) is 6.92 Å². The second kappa shape index (κ2) is 3.91. The SMILES string of the molecule is Cc1cccc2ccc(NN(C)C)cc12. The first-order valence-electron chi connectivity index (χ1n) is 5.10. The van der Waals surface area contributed by atoms with E-state index in [1.807, 2.05) is 19.1 Å². The molecule has 15 heavy (non-hydrogen) atoms. The maximum atomic E-state index is 3.26. The van der Waals surface area contributed by atoms with Crippen molar-refractivity contribution in [3.63, 3.8) is 0 Å². The van der Waals surface area contributed by atoms with E-state index in [1.54, 1.807) is 0 Å². The van der Waals surface area contributed by atoms with E-state index in [4.69, 9.17) is 0 Å². The van der Waals surface area contributed by atoms with E-state index in [0.29, 0.717) is 0 Å². The number of hydrogen-bond acceptors (Lipinski definition) is 2. The van der Waals surface area contributed by atoms with Gasteiger partial charge in [-0.25, -0.2) is 5.01 Å². The number of benzene rings is 2. The molecule has 2 nitrogen and oxygen atoms in total. The number of fused-ring (bicyclic) bond motifs is 1. The molecule has 2 heteroatoms. The van der Waals surface area contributed by atoms with Gasteiger partial charge in [0.05, 0.1) is 0 Å². The van der Waals surface area contributed by atoms with Crippen LogP contribution in [-0.4, -0.2) is 19.1 Å². The van der Waals surface area contributed by atoms with Crippen LogP contribution in [0.25, 0.3) is 10.8 Å². The molecule has 0 unspecified atom stereocenters. The van der Waals surface area contributed by atoms with E-state index in [9.17, 15) is 0 Å². The molecule has 0 atom stereocenters. The first-order valence-corrected chi connectivity index (χ1v) is 5.10. The maximum Gasteiger partial charge on any atom is 0.0496 e. The lowest BCUT2D eigenvalue weighted by Gasteiger charge is -2.14. The molecule has 0 aliphatic heterocycles. The lowest BCUT2D eigenvalue weighted by Crippen LogP contribution is -2.19. The molecule has 0 aliphatic rings. The van der Waals surface area contributed by atoms with Gasteiger partial charge < -0.3 is 5.43 Å². The monoisotopic (exact) mass is 200 g/mol. The van der Waals surface area contributed by atoms with Crippen LogP contribution in [0, 0.1) is 6.92 Å². The molecule has 2 aromatic rings. The molecule has 0 saturated carbocycles. The summed E-state index contributed by atoms with van der Waals surface area (Å²) in [7, 11) is 3.98. The molecule has 0 heterocycles. The second-order valence-corrected chi connectivity index (χ2v) is 4.02. The summed E-state index contributed by atoms with van der Waals surface area (Å²) in [5.41, 5.74) is 5.70. The number of hydrogen-bond donors (Lipinski definition) is 1. The topological polar surface area (TPSA) is 15.3 Å². The van der Waals surface area contributed by atoms with Crippen LogP contribution in [0.1, 0.15) is 5.56 Å². The molecular weight excluding hydrogens is 184 g/mol. The molecule has 1 N–H and O–H groups in total. The van der Waals surface area contributed by atoms with Gasteiger partial charge in [0.1, 0.15) is 0 Å². The molecule has 0 aliphatic carbocycles. The fourth-order valence-corrected chi connectivity index (χ4v) is 1.76. The first-order chi connectivity index (χ1) is 7.16.